The van der Waals surface area contributed by atoms with Crippen LogP contribution in [0.15, 0.2) is 112 Å². The van der Waals surface area contributed by atoms with Crippen molar-refractivity contribution < 1.29 is 9.11 Å². The molecule has 1 unspecified atom stereocenters. The Hall–Kier alpha value is -4.89. The van der Waals surface area contributed by atoms with Crippen molar-refractivity contribution in [3.05, 3.63) is 115 Å². The Kier molecular flexibility index (Phi) is 12.3. The van der Waals surface area contributed by atoms with E-state index in [2.05, 4.69) is 65.2 Å². The van der Waals surface area contributed by atoms with Crippen LogP contribution >= 0.6 is 22.7 Å². The highest BCUT2D eigenvalue weighted by Crippen LogP contribution is 2.45. The van der Waals surface area contributed by atoms with Gasteiger partial charge in [-0.1, -0.05) is 73.3 Å². The lowest BCUT2D eigenvalue weighted by atomic mass is 9.99. The largest absolute Gasteiger partial charge is 0.611 e. The van der Waals surface area contributed by atoms with Crippen LogP contribution in [0.1, 0.15) is 50.7 Å². The quantitative estimate of drug-likeness (QED) is 0.0755. The third kappa shape index (κ3) is 8.33. The number of hydrogen-bond donors (Lipinski definition) is 2. The summed E-state index contributed by atoms with van der Waals surface area (Å²) in [5, 5.41) is 1.65. The zero-order valence-corrected chi connectivity index (χ0v) is 35.6. The first kappa shape index (κ1) is 39.9. The van der Waals surface area contributed by atoms with Gasteiger partial charge in [-0.2, -0.15) is 0 Å². The van der Waals surface area contributed by atoms with Crippen LogP contribution in [0, 0.1) is 0 Å². The molecule has 0 aliphatic rings. The lowest BCUT2D eigenvalue weighted by Crippen LogP contribution is -2.07. The van der Waals surface area contributed by atoms with Gasteiger partial charge in [0.2, 0.25) is 8.42 Å². The molecular formula is C45H43N7O2S4. The lowest BCUT2D eigenvalue weighted by Gasteiger charge is -2.11. The van der Waals surface area contributed by atoms with Gasteiger partial charge in [0.15, 0.2) is 0 Å². The first-order valence-corrected chi connectivity index (χ1v) is 23.7. The minimum Gasteiger partial charge on any atom is -0.611 e. The normalized spacial score (nSPS) is 12.7. The topological polar surface area (TPSA) is 163 Å². The van der Waals surface area contributed by atoms with Crippen LogP contribution in [0.5, 0.6) is 0 Å². The number of nitrogen functional groups attached to an aromatic ring is 2. The molecule has 2 atom stereocenters. The molecule has 58 heavy (non-hydrogen) atoms. The third-order valence-corrected chi connectivity index (χ3v) is 16.2. The van der Waals surface area contributed by atoms with Crippen LogP contribution in [-0.2, 0) is 35.2 Å². The number of nitrogens with zero attached hydrogens (tertiary/aromatic N) is 5. The zero-order chi connectivity index (χ0) is 40.2. The molecule has 8 rings (SSSR count). The van der Waals surface area contributed by atoms with E-state index < -0.39 is 22.4 Å². The lowest BCUT2D eigenvalue weighted by molar-refractivity contribution is 0.592. The molecule has 0 saturated carbocycles. The number of anilines is 2. The third-order valence-electron chi connectivity index (χ3n) is 10.2. The molecule has 0 aliphatic heterocycles. The standard InChI is InChI=1S/C45H43N7O2S4/c1-3-5-19-57(53)44-41(47)39-35(31-11-8-17-48-25-31)23-37(52-43(39)56-44)33-21-29(24-50-27-33)10-6-7-20-58(54)45-40(46)38-34(30-15-13-28(4-2)14-16-30)22-36(51-42(38)55-45)32-12-9-18-49-26-32/h8-9,11-18,21-27H,3-7,10,19-20,46-47H2,1-2H3/t57-,58?/m1/s1. The van der Waals surface area contributed by atoms with Gasteiger partial charge >= 0.3 is 0 Å². The number of fused-ring (bicyclic) bond motifs is 2. The molecule has 1 aromatic carbocycles. The Balaban J connectivity index is 1.01. The van der Waals surface area contributed by atoms with Crippen LogP contribution < -0.4 is 11.5 Å². The van der Waals surface area contributed by atoms with Crippen molar-refractivity contribution in [2.75, 3.05) is 23.0 Å². The minimum absolute atomic E-state index is 0.481. The van der Waals surface area contributed by atoms with Gasteiger partial charge in [-0.05, 0) is 119 Å². The Morgan fingerprint density at radius 2 is 1.16 bits per heavy atom. The minimum atomic E-state index is -1.30. The summed E-state index contributed by atoms with van der Waals surface area (Å²) in [5.41, 5.74) is 24.1. The van der Waals surface area contributed by atoms with Crippen molar-refractivity contribution >= 4 is 76.8 Å². The summed E-state index contributed by atoms with van der Waals surface area (Å²) >= 11 is 0.320. The van der Waals surface area contributed by atoms with E-state index in [1.165, 1.54) is 28.2 Å². The number of thiophene rings is 2. The predicted octanol–water partition coefficient (Wildman–Crippen LogP) is 10.5. The smallest absolute Gasteiger partial charge is 0.232 e. The number of unbranched alkanes of at least 4 members (excludes halogenated alkanes) is 2. The highest BCUT2D eigenvalue weighted by molar-refractivity contribution is 7.94. The van der Waals surface area contributed by atoms with E-state index in [-0.39, 0.29) is 0 Å². The molecule has 7 heterocycles. The molecule has 0 saturated heterocycles. The van der Waals surface area contributed by atoms with Gasteiger partial charge in [-0.3, -0.25) is 15.0 Å². The van der Waals surface area contributed by atoms with Gasteiger partial charge in [0.05, 0.1) is 11.4 Å². The van der Waals surface area contributed by atoms with E-state index in [4.69, 9.17) is 21.4 Å². The fourth-order valence-electron chi connectivity index (χ4n) is 7.03. The molecule has 0 aliphatic carbocycles. The zero-order valence-electron chi connectivity index (χ0n) is 32.3. The first-order valence-electron chi connectivity index (χ1n) is 19.4. The maximum Gasteiger partial charge on any atom is 0.232 e. The van der Waals surface area contributed by atoms with Crippen molar-refractivity contribution in [1.82, 2.24) is 24.9 Å². The highest BCUT2D eigenvalue weighted by atomic mass is 32.2. The van der Waals surface area contributed by atoms with Crippen LogP contribution in [0.2, 0.25) is 0 Å². The van der Waals surface area contributed by atoms with Gasteiger partial charge in [-0.25, -0.2) is 9.97 Å². The Labute approximate surface area is 352 Å². The van der Waals surface area contributed by atoms with Crippen molar-refractivity contribution in [2.45, 2.75) is 60.8 Å². The van der Waals surface area contributed by atoms with E-state index in [0.717, 1.165) is 109 Å². The van der Waals surface area contributed by atoms with E-state index in [0.29, 0.717) is 31.3 Å². The van der Waals surface area contributed by atoms with Crippen LogP contribution in [0.4, 0.5) is 11.4 Å². The molecule has 8 aromatic rings. The fourth-order valence-corrected chi connectivity index (χ4v) is 12.5. The maximum atomic E-state index is 13.9. The second-order valence-corrected chi connectivity index (χ2v) is 19.6. The number of hydrogen-bond acceptors (Lipinski definition) is 11. The molecular weight excluding hydrogens is 799 g/mol. The molecule has 294 valence electrons. The van der Waals surface area contributed by atoms with Gasteiger partial charge in [0, 0.05) is 64.6 Å². The summed E-state index contributed by atoms with van der Waals surface area (Å²) in [4.78, 5) is 24.8. The van der Waals surface area contributed by atoms with E-state index in [1.54, 1.807) is 12.4 Å². The van der Waals surface area contributed by atoms with E-state index in [9.17, 15) is 9.11 Å². The van der Waals surface area contributed by atoms with Gasteiger partial charge in [-0.15, -0.1) is 0 Å². The number of pyridine rings is 5. The van der Waals surface area contributed by atoms with Gasteiger partial charge in [0.25, 0.3) is 0 Å². The summed E-state index contributed by atoms with van der Waals surface area (Å²) in [6.07, 6.45) is 15.9. The molecule has 0 radical (unpaired) electrons. The average Bonchev–Trinajstić information content (AvgIpc) is 3.80. The maximum absolute atomic E-state index is 13.9. The van der Waals surface area contributed by atoms with Crippen molar-refractivity contribution in [3.8, 4) is 44.8 Å². The summed E-state index contributed by atoms with van der Waals surface area (Å²) < 4.78 is 28.5. The first-order chi connectivity index (χ1) is 28.3. The number of rotatable bonds is 15. The van der Waals surface area contributed by atoms with Crippen LogP contribution in [-0.4, -0.2) is 45.5 Å². The summed E-state index contributed by atoms with van der Waals surface area (Å²) in [6.45, 7) is 4.23. The Morgan fingerprint density at radius 3 is 1.74 bits per heavy atom. The SMILES string of the molecule is CCCC[S@@+]([O-])c1sc2nc(-c3cncc(CCCC[S+]([O-])c4sc5nc(-c6cccnc6)cc(-c6ccc(CC)cc6)c5c4N)c3)cc(-c3cccnc3)c2c1N. The average molecular weight is 842 g/mol. The second kappa shape index (κ2) is 17.9. The molecule has 0 amide bonds. The van der Waals surface area contributed by atoms with Gasteiger partial charge < -0.3 is 20.6 Å². The summed E-state index contributed by atoms with van der Waals surface area (Å²) in [5.74, 6) is 1.05. The second-order valence-electron chi connectivity index (χ2n) is 14.1. The van der Waals surface area contributed by atoms with Crippen molar-refractivity contribution in [1.29, 1.82) is 0 Å². The predicted molar refractivity (Wildman–Crippen MR) is 243 cm³/mol. The van der Waals surface area contributed by atoms with Gasteiger partial charge in [0.1, 0.15) is 32.5 Å². The molecule has 4 N–H and O–H groups in total. The highest BCUT2D eigenvalue weighted by Gasteiger charge is 2.26. The monoisotopic (exact) mass is 841 g/mol. The molecule has 9 nitrogen and oxygen atoms in total. The molecule has 0 spiro atoms. The molecule has 0 fully saturated rings. The Bertz CT molecular complexity index is 2670. The number of nitrogens with two attached hydrogens (primary N) is 2. The summed E-state index contributed by atoms with van der Waals surface area (Å²) in [7, 11) is 0. The summed E-state index contributed by atoms with van der Waals surface area (Å²) in [6, 6.07) is 22.5. The van der Waals surface area contributed by atoms with Crippen molar-refractivity contribution in [2.24, 2.45) is 0 Å². The number of aromatic nitrogens is 5. The Morgan fingerprint density at radius 1 is 0.586 bits per heavy atom. The fraction of sp³-hybridized carbons (Fsp3) is 0.222. The van der Waals surface area contributed by atoms with E-state index >= 15 is 0 Å². The van der Waals surface area contributed by atoms with Crippen LogP contribution in [0.25, 0.3) is 65.2 Å². The molecule has 13 heteroatoms. The number of benzene rings is 1. The van der Waals surface area contributed by atoms with Crippen molar-refractivity contribution in [3.63, 3.8) is 0 Å². The molecule has 0 bridgehead atoms. The van der Waals surface area contributed by atoms with E-state index in [1.807, 2.05) is 55.1 Å². The molecule has 7 aromatic heterocycles. The number of aryl methyl sites for hydroxylation is 2. The van der Waals surface area contributed by atoms with Crippen LogP contribution in [0.3, 0.4) is 0 Å².